The summed E-state index contributed by atoms with van der Waals surface area (Å²) in [6.45, 7) is 0. The number of nitrogens with zero attached hydrogens (tertiary/aromatic N) is 1. The lowest BCUT2D eigenvalue weighted by Gasteiger charge is -2.08. The molecule has 1 aromatic rings. The molecule has 2 heteroatoms. The van der Waals surface area contributed by atoms with Crippen LogP contribution >= 0.6 is 15.9 Å². The van der Waals surface area contributed by atoms with E-state index in [1.54, 1.807) is 12.4 Å². The van der Waals surface area contributed by atoms with Crippen LogP contribution in [-0.2, 0) is 5.41 Å². The normalized spacial score (nSPS) is 18.3. The van der Waals surface area contributed by atoms with E-state index in [1.807, 2.05) is 6.07 Å². The first-order valence-corrected chi connectivity index (χ1v) is 4.65. The van der Waals surface area contributed by atoms with Crippen molar-refractivity contribution in [3.05, 3.63) is 28.5 Å². The molecule has 0 unspecified atom stereocenters. The van der Waals surface area contributed by atoms with Crippen molar-refractivity contribution in [3.8, 4) is 12.3 Å². The van der Waals surface area contributed by atoms with E-state index in [-0.39, 0.29) is 5.41 Å². The minimum atomic E-state index is 0.0156. The Balaban J connectivity index is 2.48. The first-order valence-electron chi connectivity index (χ1n) is 3.86. The van der Waals surface area contributed by atoms with Crippen LogP contribution in [0.25, 0.3) is 0 Å². The third kappa shape index (κ3) is 1.05. The first kappa shape index (κ1) is 7.82. The summed E-state index contributed by atoms with van der Waals surface area (Å²) in [4.78, 5) is 4.01. The molecular weight excluding hydrogens is 214 g/mol. The molecule has 0 N–H and O–H groups in total. The van der Waals surface area contributed by atoms with Crippen LogP contribution in [0.5, 0.6) is 0 Å². The molecule has 1 fully saturated rings. The smallest absolute Gasteiger partial charge is 0.0573 e. The molecule has 1 heterocycles. The standard InChI is InChI=1S/C10H8BrN/c1-2-10(4-5-10)8-3-6-12-7-9(8)11/h1,3,6-7H,4-5H2. The van der Waals surface area contributed by atoms with Gasteiger partial charge in [0, 0.05) is 16.9 Å². The van der Waals surface area contributed by atoms with Crippen molar-refractivity contribution in [2.45, 2.75) is 18.3 Å². The molecule has 0 amide bonds. The van der Waals surface area contributed by atoms with Gasteiger partial charge in [-0.2, -0.15) is 0 Å². The second-order valence-electron chi connectivity index (χ2n) is 3.08. The molecule has 0 aliphatic heterocycles. The Bertz CT molecular complexity index is 347. The minimum Gasteiger partial charge on any atom is -0.264 e. The number of terminal acetylenes is 1. The number of pyridine rings is 1. The van der Waals surface area contributed by atoms with Crippen molar-refractivity contribution >= 4 is 15.9 Å². The summed E-state index contributed by atoms with van der Waals surface area (Å²) in [5.74, 6) is 2.85. The van der Waals surface area contributed by atoms with Gasteiger partial charge in [-0.15, -0.1) is 6.42 Å². The number of hydrogen-bond acceptors (Lipinski definition) is 1. The molecule has 0 radical (unpaired) electrons. The Morgan fingerprint density at radius 3 is 2.83 bits per heavy atom. The maximum atomic E-state index is 5.48. The Hall–Kier alpha value is -0.810. The van der Waals surface area contributed by atoms with E-state index in [2.05, 4.69) is 26.8 Å². The van der Waals surface area contributed by atoms with Gasteiger partial charge >= 0.3 is 0 Å². The summed E-state index contributed by atoms with van der Waals surface area (Å²) in [5, 5.41) is 0. The number of rotatable bonds is 1. The summed E-state index contributed by atoms with van der Waals surface area (Å²) in [6, 6.07) is 2.00. The second-order valence-corrected chi connectivity index (χ2v) is 3.94. The highest BCUT2D eigenvalue weighted by Gasteiger charge is 2.43. The molecule has 2 rings (SSSR count). The SMILES string of the molecule is C#CC1(c2ccncc2Br)CC1. The predicted molar refractivity (Wildman–Crippen MR) is 51.7 cm³/mol. The van der Waals surface area contributed by atoms with Gasteiger partial charge in [-0.1, -0.05) is 5.92 Å². The van der Waals surface area contributed by atoms with Crippen molar-refractivity contribution in [1.82, 2.24) is 4.98 Å². The van der Waals surface area contributed by atoms with Crippen LogP contribution in [0.4, 0.5) is 0 Å². The molecule has 1 aliphatic carbocycles. The lowest BCUT2D eigenvalue weighted by molar-refractivity contribution is 0.916. The molecule has 1 aliphatic rings. The van der Waals surface area contributed by atoms with Crippen LogP contribution in [0.3, 0.4) is 0 Å². The van der Waals surface area contributed by atoms with Crippen LogP contribution < -0.4 is 0 Å². The molecule has 12 heavy (non-hydrogen) atoms. The number of aromatic nitrogens is 1. The van der Waals surface area contributed by atoms with Gasteiger partial charge in [-0.25, -0.2) is 0 Å². The first-order chi connectivity index (χ1) is 5.78. The third-order valence-corrected chi connectivity index (χ3v) is 2.95. The maximum absolute atomic E-state index is 5.48. The van der Waals surface area contributed by atoms with Crippen LogP contribution in [0, 0.1) is 12.3 Å². The average molecular weight is 222 g/mol. The molecule has 0 atom stereocenters. The van der Waals surface area contributed by atoms with Gasteiger partial charge in [0.15, 0.2) is 0 Å². The average Bonchev–Trinajstić information content (AvgIpc) is 2.86. The largest absolute Gasteiger partial charge is 0.264 e. The molecule has 60 valence electrons. The van der Waals surface area contributed by atoms with Gasteiger partial charge in [-0.05, 0) is 40.4 Å². The number of halogens is 1. The molecule has 0 spiro atoms. The van der Waals surface area contributed by atoms with Gasteiger partial charge < -0.3 is 0 Å². The van der Waals surface area contributed by atoms with Crippen LogP contribution in [0.15, 0.2) is 22.9 Å². The molecule has 1 saturated carbocycles. The van der Waals surface area contributed by atoms with E-state index >= 15 is 0 Å². The lowest BCUT2D eigenvalue weighted by atomic mass is 9.99. The predicted octanol–water partition coefficient (Wildman–Crippen LogP) is 2.51. The summed E-state index contributed by atoms with van der Waals surface area (Å²) >= 11 is 3.45. The zero-order valence-electron chi connectivity index (χ0n) is 6.55. The topological polar surface area (TPSA) is 12.9 Å². The molecular formula is C10H8BrN. The molecule has 1 aromatic heterocycles. The van der Waals surface area contributed by atoms with E-state index < -0.39 is 0 Å². The quantitative estimate of drug-likeness (QED) is 0.665. The van der Waals surface area contributed by atoms with Gasteiger partial charge in [0.2, 0.25) is 0 Å². The van der Waals surface area contributed by atoms with Gasteiger partial charge in [0.05, 0.1) is 5.41 Å². The van der Waals surface area contributed by atoms with Crippen molar-refractivity contribution in [2.75, 3.05) is 0 Å². The summed E-state index contributed by atoms with van der Waals surface area (Å²) < 4.78 is 1.03. The zero-order chi connectivity index (χ0) is 8.60. The maximum Gasteiger partial charge on any atom is 0.0573 e. The van der Waals surface area contributed by atoms with E-state index in [0.717, 1.165) is 17.3 Å². The van der Waals surface area contributed by atoms with Gasteiger partial charge in [0.25, 0.3) is 0 Å². The van der Waals surface area contributed by atoms with Crippen LogP contribution in [-0.4, -0.2) is 4.98 Å². The highest BCUT2D eigenvalue weighted by molar-refractivity contribution is 9.10. The van der Waals surface area contributed by atoms with Crippen molar-refractivity contribution in [3.63, 3.8) is 0 Å². The van der Waals surface area contributed by atoms with E-state index in [9.17, 15) is 0 Å². The highest BCUT2D eigenvalue weighted by Crippen LogP contribution is 2.49. The fourth-order valence-corrected chi connectivity index (χ4v) is 2.01. The fourth-order valence-electron chi connectivity index (χ4n) is 1.38. The summed E-state index contributed by atoms with van der Waals surface area (Å²) in [6.07, 6.45) is 11.3. The molecule has 1 nitrogen and oxygen atoms in total. The van der Waals surface area contributed by atoms with Gasteiger partial charge in [-0.3, -0.25) is 4.98 Å². The highest BCUT2D eigenvalue weighted by atomic mass is 79.9. The molecule has 0 bridgehead atoms. The molecule has 0 aromatic carbocycles. The summed E-state index contributed by atoms with van der Waals surface area (Å²) in [5.41, 5.74) is 1.22. The van der Waals surface area contributed by atoms with E-state index in [1.165, 1.54) is 5.56 Å². The zero-order valence-corrected chi connectivity index (χ0v) is 8.13. The van der Waals surface area contributed by atoms with Crippen molar-refractivity contribution < 1.29 is 0 Å². The van der Waals surface area contributed by atoms with Gasteiger partial charge in [0.1, 0.15) is 0 Å². The van der Waals surface area contributed by atoms with Crippen LogP contribution in [0.1, 0.15) is 18.4 Å². The Morgan fingerprint density at radius 1 is 1.58 bits per heavy atom. The minimum absolute atomic E-state index is 0.0156. The monoisotopic (exact) mass is 221 g/mol. The molecule has 0 saturated heterocycles. The van der Waals surface area contributed by atoms with Crippen molar-refractivity contribution in [2.24, 2.45) is 0 Å². The number of hydrogen-bond donors (Lipinski definition) is 0. The van der Waals surface area contributed by atoms with Crippen LogP contribution in [0.2, 0.25) is 0 Å². The fraction of sp³-hybridized carbons (Fsp3) is 0.300. The Morgan fingerprint density at radius 2 is 2.33 bits per heavy atom. The van der Waals surface area contributed by atoms with Crippen molar-refractivity contribution in [1.29, 1.82) is 0 Å². The van der Waals surface area contributed by atoms with E-state index in [0.29, 0.717) is 0 Å². The Labute approximate surface area is 80.3 Å². The Kier molecular flexibility index (Phi) is 1.69. The summed E-state index contributed by atoms with van der Waals surface area (Å²) in [7, 11) is 0. The third-order valence-electron chi connectivity index (χ3n) is 2.31. The van der Waals surface area contributed by atoms with E-state index in [4.69, 9.17) is 6.42 Å². The second kappa shape index (κ2) is 2.60. The lowest BCUT2D eigenvalue weighted by Crippen LogP contribution is -2.03.